The van der Waals surface area contributed by atoms with Crippen LogP contribution >= 0.6 is 0 Å². The molecule has 0 aliphatic carbocycles. The first-order chi connectivity index (χ1) is 8.63. The highest BCUT2D eigenvalue weighted by molar-refractivity contribution is 5.87. The molecule has 0 atom stereocenters. The lowest BCUT2D eigenvalue weighted by Crippen LogP contribution is -1.86. The Hall–Kier alpha value is -2.36. The predicted octanol–water partition coefficient (Wildman–Crippen LogP) is 3.52. The quantitative estimate of drug-likeness (QED) is 0.664. The molecule has 3 rings (SSSR count). The van der Waals surface area contributed by atoms with Crippen LogP contribution in [0.2, 0.25) is 0 Å². The molecule has 0 spiro atoms. The van der Waals surface area contributed by atoms with E-state index in [0.29, 0.717) is 28.2 Å². The summed E-state index contributed by atoms with van der Waals surface area (Å²) >= 11 is 0. The third-order valence-electron chi connectivity index (χ3n) is 2.73. The second-order valence-electron chi connectivity index (χ2n) is 4.23. The Morgan fingerprint density at radius 3 is 2.83 bits per heavy atom. The average molecular weight is 242 g/mol. The number of nitrogens with two attached hydrogens (primary N) is 1. The normalized spacial score (nSPS) is 11.0. The van der Waals surface area contributed by atoms with Crippen molar-refractivity contribution in [2.75, 3.05) is 5.73 Å². The fourth-order valence-corrected chi connectivity index (χ4v) is 1.95. The number of hydrogen-bond acceptors (Lipinski definition) is 3. The van der Waals surface area contributed by atoms with Crippen LogP contribution < -0.4 is 5.73 Å². The van der Waals surface area contributed by atoms with Gasteiger partial charge in [0.05, 0.1) is 5.69 Å². The van der Waals surface area contributed by atoms with Crippen molar-refractivity contribution in [3.05, 3.63) is 47.8 Å². The van der Waals surface area contributed by atoms with E-state index >= 15 is 0 Å². The van der Waals surface area contributed by atoms with Crippen LogP contribution in [0.1, 0.15) is 5.56 Å². The summed E-state index contributed by atoms with van der Waals surface area (Å²) in [5, 5.41) is 0. The standard InChI is InChI=1S/C14H11FN2O/c1-8-5-11(16)13-12(6-8)17-14(18-13)9-3-2-4-10(15)7-9/h2-7H,16H2,1H3. The molecule has 4 heteroatoms. The molecule has 0 aliphatic rings. The SMILES string of the molecule is Cc1cc(N)c2oc(-c3cccc(F)c3)nc2c1. The van der Waals surface area contributed by atoms with Gasteiger partial charge in [0.2, 0.25) is 5.89 Å². The van der Waals surface area contributed by atoms with Crippen LogP contribution in [0.25, 0.3) is 22.6 Å². The molecular formula is C14H11FN2O. The van der Waals surface area contributed by atoms with Crippen molar-refractivity contribution < 1.29 is 8.81 Å². The maximum Gasteiger partial charge on any atom is 0.227 e. The summed E-state index contributed by atoms with van der Waals surface area (Å²) in [5.41, 5.74) is 9.25. The fourth-order valence-electron chi connectivity index (χ4n) is 1.95. The lowest BCUT2D eigenvalue weighted by molar-refractivity contribution is 0.612. The highest BCUT2D eigenvalue weighted by Gasteiger charge is 2.11. The lowest BCUT2D eigenvalue weighted by atomic mass is 10.2. The van der Waals surface area contributed by atoms with Gasteiger partial charge < -0.3 is 10.2 Å². The highest BCUT2D eigenvalue weighted by Crippen LogP contribution is 2.29. The zero-order valence-corrected chi connectivity index (χ0v) is 9.77. The molecule has 0 radical (unpaired) electrons. The van der Waals surface area contributed by atoms with Crippen LogP contribution in [-0.2, 0) is 0 Å². The van der Waals surface area contributed by atoms with Gasteiger partial charge in [0, 0.05) is 5.56 Å². The molecule has 18 heavy (non-hydrogen) atoms. The first-order valence-corrected chi connectivity index (χ1v) is 5.56. The Bertz CT molecular complexity index is 734. The van der Waals surface area contributed by atoms with Crippen LogP contribution in [0.3, 0.4) is 0 Å². The van der Waals surface area contributed by atoms with Crippen LogP contribution in [0.15, 0.2) is 40.8 Å². The topological polar surface area (TPSA) is 52.0 Å². The third-order valence-corrected chi connectivity index (χ3v) is 2.73. The van der Waals surface area contributed by atoms with E-state index in [1.54, 1.807) is 12.1 Å². The van der Waals surface area contributed by atoms with Crippen molar-refractivity contribution in [3.63, 3.8) is 0 Å². The number of halogens is 1. The van der Waals surface area contributed by atoms with E-state index in [1.165, 1.54) is 12.1 Å². The van der Waals surface area contributed by atoms with Crippen molar-refractivity contribution in [1.29, 1.82) is 0 Å². The first kappa shape index (κ1) is 10.8. The molecule has 1 aromatic heterocycles. The summed E-state index contributed by atoms with van der Waals surface area (Å²) in [6.45, 7) is 1.94. The Morgan fingerprint density at radius 1 is 1.22 bits per heavy atom. The Balaban J connectivity index is 2.22. The predicted molar refractivity (Wildman–Crippen MR) is 68.6 cm³/mol. The zero-order chi connectivity index (χ0) is 12.7. The third kappa shape index (κ3) is 1.72. The molecule has 1 heterocycles. The van der Waals surface area contributed by atoms with Gasteiger partial charge in [-0.2, -0.15) is 0 Å². The van der Waals surface area contributed by atoms with Crippen molar-refractivity contribution in [2.24, 2.45) is 0 Å². The molecule has 2 aromatic carbocycles. The minimum absolute atomic E-state index is 0.320. The molecule has 3 aromatic rings. The second-order valence-corrected chi connectivity index (χ2v) is 4.23. The fraction of sp³-hybridized carbons (Fsp3) is 0.0714. The number of oxazole rings is 1. The summed E-state index contributed by atoms with van der Waals surface area (Å²) in [7, 11) is 0. The smallest absolute Gasteiger partial charge is 0.227 e. The molecule has 3 nitrogen and oxygen atoms in total. The number of rotatable bonds is 1. The number of aryl methyl sites for hydroxylation is 1. The van der Waals surface area contributed by atoms with Crippen molar-refractivity contribution >= 4 is 16.8 Å². The van der Waals surface area contributed by atoms with E-state index in [9.17, 15) is 4.39 Å². The van der Waals surface area contributed by atoms with E-state index in [0.717, 1.165) is 5.56 Å². The number of fused-ring (bicyclic) bond motifs is 1. The monoisotopic (exact) mass is 242 g/mol. The number of nitrogens with zero attached hydrogens (tertiary/aromatic N) is 1. The molecule has 0 amide bonds. The highest BCUT2D eigenvalue weighted by atomic mass is 19.1. The molecule has 90 valence electrons. The lowest BCUT2D eigenvalue weighted by Gasteiger charge is -1.95. The number of aromatic nitrogens is 1. The van der Waals surface area contributed by atoms with Crippen LogP contribution in [-0.4, -0.2) is 4.98 Å². The number of benzene rings is 2. The van der Waals surface area contributed by atoms with Crippen molar-refractivity contribution in [2.45, 2.75) is 6.92 Å². The van der Waals surface area contributed by atoms with E-state index in [-0.39, 0.29) is 5.82 Å². The van der Waals surface area contributed by atoms with E-state index < -0.39 is 0 Å². The minimum atomic E-state index is -0.320. The van der Waals surface area contributed by atoms with Crippen LogP contribution in [0.5, 0.6) is 0 Å². The molecule has 0 saturated carbocycles. The number of nitrogen functional groups attached to an aromatic ring is 1. The summed E-state index contributed by atoms with van der Waals surface area (Å²) in [5.74, 6) is 0.0562. The largest absolute Gasteiger partial charge is 0.434 e. The van der Waals surface area contributed by atoms with Crippen LogP contribution in [0, 0.1) is 12.7 Å². The summed E-state index contributed by atoms with van der Waals surface area (Å²) in [6.07, 6.45) is 0. The zero-order valence-electron chi connectivity index (χ0n) is 9.77. The van der Waals surface area contributed by atoms with Gasteiger partial charge in [-0.1, -0.05) is 6.07 Å². The van der Waals surface area contributed by atoms with Gasteiger partial charge in [0.1, 0.15) is 11.3 Å². The maximum atomic E-state index is 13.2. The Labute approximate surface area is 103 Å². The summed E-state index contributed by atoms with van der Waals surface area (Å²) in [6, 6.07) is 9.84. The van der Waals surface area contributed by atoms with Gasteiger partial charge >= 0.3 is 0 Å². The van der Waals surface area contributed by atoms with E-state index in [1.807, 2.05) is 19.1 Å². The molecule has 0 fully saturated rings. The number of anilines is 1. The Kier molecular flexibility index (Phi) is 2.30. The maximum absolute atomic E-state index is 13.2. The van der Waals surface area contributed by atoms with Gasteiger partial charge in [0.25, 0.3) is 0 Å². The molecule has 2 N–H and O–H groups in total. The van der Waals surface area contributed by atoms with Crippen molar-refractivity contribution in [3.8, 4) is 11.5 Å². The van der Waals surface area contributed by atoms with Gasteiger partial charge in [-0.3, -0.25) is 0 Å². The average Bonchev–Trinajstić information content (AvgIpc) is 2.73. The van der Waals surface area contributed by atoms with Crippen LogP contribution in [0.4, 0.5) is 10.1 Å². The van der Waals surface area contributed by atoms with Gasteiger partial charge in [-0.15, -0.1) is 0 Å². The van der Waals surface area contributed by atoms with Gasteiger partial charge in [0.15, 0.2) is 5.58 Å². The molecule has 0 saturated heterocycles. The summed E-state index contributed by atoms with van der Waals surface area (Å²) in [4.78, 5) is 4.33. The van der Waals surface area contributed by atoms with E-state index in [4.69, 9.17) is 10.2 Å². The van der Waals surface area contributed by atoms with Gasteiger partial charge in [-0.05, 0) is 42.8 Å². The van der Waals surface area contributed by atoms with E-state index in [2.05, 4.69) is 4.98 Å². The second kappa shape index (κ2) is 3.84. The van der Waals surface area contributed by atoms with Gasteiger partial charge in [-0.25, -0.2) is 9.37 Å². The number of hydrogen-bond donors (Lipinski definition) is 1. The molecule has 0 bridgehead atoms. The summed E-state index contributed by atoms with van der Waals surface area (Å²) < 4.78 is 18.7. The molecular weight excluding hydrogens is 231 g/mol. The molecule has 0 aliphatic heterocycles. The molecule has 0 unspecified atom stereocenters. The Morgan fingerprint density at radius 2 is 2.06 bits per heavy atom. The first-order valence-electron chi connectivity index (χ1n) is 5.56. The minimum Gasteiger partial charge on any atom is -0.434 e. The van der Waals surface area contributed by atoms with Crippen molar-refractivity contribution in [1.82, 2.24) is 4.98 Å².